The fraction of sp³-hybridized carbons (Fsp3) is 0.364. The first-order chi connectivity index (χ1) is 9.27. The van der Waals surface area contributed by atoms with Crippen LogP contribution in [0.3, 0.4) is 0 Å². The lowest BCUT2D eigenvalue weighted by atomic mass is 10.2. The maximum Gasteiger partial charge on any atom is 0.238 e. The second kappa shape index (κ2) is 7.00. The maximum absolute atomic E-state index is 11.8. The zero-order valence-electron chi connectivity index (χ0n) is 10.8. The van der Waals surface area contributed by atoms with Gasteiger partial charge in [-0.1, -0.05) is 11.6 Å². The molecule has 0 saturated heterocycles. The molecule has 5 N–H and O–H groups in total. The van der Waals surface area contributed by atoms with E-state index < -0.39 is 22.0 Å². The Kier molecular flexibility index (Phi) is 5.90. The van der Waals surface area contributed by atoms with E-state index in [-0.39, 0.29) is 28.6 Å². The lowest BCUT2D eigenvalue weighted by Gasteiger charge is -2.13. The summed E-state index contributed by atoms with van der Waals surface area (Å²) in [5, 5.41) is 7.71. The van der Waals surface area contributed by atoms with E-state index in [1.165, 1.54) is 25.3 Å². The average molecular weight is 322 g/mol. The molecule has 0 bridgehead atoms. The predicted molar refractivity (Wildman–Crippen MR) is 75.9 cm³/mol. The summed E-state index contributed by atoms with van der Waals surface area (Å²) in [4.78, 5) is 11.6. The van der Waals surface area contributed by atoms with Gasteiger partial charge in [-0.25, -0.2) is 13.6 Å². The molecule has 0 fully saturated rings. The van der Waals surface area contributed by atoms with Gasteiger partial charge in [-0.2, -0.15) is 0 Å². The molecule has 1 amide bonds. The first-order valence-corrected chi connectivity index (χ1v) is 7.55. The fourth-order valence-electron chi connectivity index (χ4n) is 1.45. The van der Waals surface area contributed by atoms with Crippen molar-refractivity contribution in [1.82, 2.24) is 0 Å². The molecule has 0 heterocycles. The van der Waals surface area contributed by atoms with Crippen LogP contribution in [0.25, 0.3) is 0 Å². The Hall–Kier alpha value is -1.19. The standard InChI is InChI=1S/C11H16ClN3O4S/c1-19-7(6-13)4-11(16)15-10-5-8(20(14,17)18)2-3-9(10)12/h2-3,5,7H,4,6,13H2,1H3,(H,15,16)(H2,14,17,18). The van der Waals surface area contributed by atoms with E-state index >= 15 is 0 Å². The van der Waals surface area contributed by atoms with Gasteiger partial charge in [0.1, 0.15) is 0 Å². The van der Waals surface area contributed by atoms with Crippen LogP contribution in [0.1, 0.15) is 6.42 Å². The fourth-order valence-corrected chi connectivity index (χ4v) is 2.15. The van der Waals surface area contributed by atoms with Crippen molar-refractivity contribution in [3.8, 4) is 0 Å². The van der Waals surface area contributed by atoms with Gasteiger partial charge in [-0.05, 0) is 18.2 Å². The van der Waals surface area contributed by atoms with Crippen LogP contribution >= 0.6 is 11.6 Å². The molecular weight excluding hydrogens is 306 g/mol. The minimum atomic E-state index is -3.86. The third-order valence-corrected chi connectivity index (χ3v) is 3.79. The van der Waals surface area contributed by atoms with Gasteiger partial charge >= 0.3 is 0 Å². The molecule has 112 valence electrons. The van der Waals surface area contributed by atoms with Crippen molar-refractivity contribution in [1.29, 1.82) is 0 Å². The van der Waals surface area contributed by atoms with Crippen LogP contribution in [0.4, 0.5) is 5.69 Å². The number of halogens is 1. The van der Waals surface area contributed by atoms with E-state index in [9.17, 15) is 13.2 Å². The molecule has 1 rings (SSSR count). The van der Waals surface area contributed by atoms with Crippen molar-refractivity contribution >= 4 is 33.2 Å². The summed E-state index contributed by atoms with van der Waals surface area (Å²) in [5.74, 6) is -0.393. The van der Waals surface area contributed by atoms with Crippen LogP contribution in [-0.2, 0) is 19.6 Å². The molecule has 1 aromatic rings. The number of anilines is 1. The molecule has 0 aliphatic carbocycles. The van der Waals surface area contributed by atoms with Gasteiger partial charge < -0.3 is 15.8 Å². The van der Waals surface area contributed by atoms with E-state index in [2.05, 4.69) is 5.32 Å². The van der Waals surface area contributed by atoms with Crippen molar-refractivity contribution in [2.24, 2.45) is 10.9 Å². The summed E-state index contributed by atoms with van der Waals surface area (Å²) in [5.41, 5.74) is 5.57. The largest absolute Gasteiger partial charge is 0.380 e. The number of hydrogen-bond acceptors (Lipinski definition) is 5. The number of sulfonamides is 1. The van der Waals surface area contributed by atoms with Crippen LogP contribution in [0.5, 0.6) is 0 Å². The smallest absolute Gasteiger partial charge is 0.238 e. The first kappa shape index (κ1) is 16.9. The molecule has 20 heavy (non-hydrogen) atoms. The molecule has 0 aromatic heterocycles. The zero-order chi connectivity index (χ0) is 15.3. The van der Waals surface area contributed by atoms with Gasteiger partial charge in [0.2, 0.25) is 15.9 Å². The molecular formula is C11H16ClN3O4S. The second-order valence-electron chi connectivity index (χ2n) is 4.03. The number of carbonyl (C=O) groups excluding carboxylic acids is 1. The van der Waals surface area contributed by atoms with E-state index in [1.807, 2.05) is 0 Å². The summed E-state index contributed by atoms with van der Waals surface area (Å²) in [6.45, 7) is 0.189. The highest BCUT2D eigenvalue weighted by Crippen LogP contribution is 2.25. The lowest BCUT2D eigenvalue weighted by molar-refractivity contribution is -0.118. The lowest BCUT2D eigenvalue weighted by Crippen LogP contribution is -2.28. The normalized spacial score (nSPS) is 13.0. The number of primary sulfonamides is 1. The number of methoxy groups -OCH3 is 1. The minimum Gasteiger partial charge on any atom is -0.380 e. The Morgan fingerprint density at radius 1 is 1.50 bits per heavy atom. The van der Waals surface area contributed by atoms with Gasteiger partial charge in [0, 0.05) is 13.7 Å². The number of nitrogens with one attached hydrogen (secondary N) is 1. The Morgan fingerprint density at radius 2 is 2.15 bits per heavy atom. The zero-order valence-corrected chi connectivity index (χ0v) is 12.4. The molecule has 1 aromatic carbocycles. The van der Waals surface area contributed by atoms with Crippen LogP contribution < -0.4 is 16.2 Å². The van der Waals surface area contributed by atoms with Crippen LogP contribution in [0.2, 0.25) is 5.02 Å². The second-order valence-corrected chi connectivity index (χ2v) is 6.00. The third kappa shape index (κ3) is 4.73. The first-order valence-electron chi connectivity index (χ1n) is 5.63. The van der Waals surface area contributed by atoms with Crippen LogP contribution in [-0.4, -0.2) is 34.1 Å². The molecule has 0 radical (unpaired) electrons. The Bertz CT molecular complexity index is 587. The summed E-state index contributed by atoms with van der Waals surface area (Å²) in [6, 6.07) is 3.79. The van der Waals surface area contributed by atoms with E-state index in [0.717, 1.165) is 0 Å². The van der Waals surface area contributed by atoms with Crippen molar-refractivity contribution in [3.63, 3.8) is 0 Å². The summed E-state index contributed by atoms with van der Waals surface area (Å²) in [7, 11) is -2.42. The summed E-state index contributed by atoms with van der Waals surface area (Å²) in [6.07, 6.45) is -0.390. The van der Waals surface area contributed by atoms with Gasteiger partial charge in [0.25, 0.3) is 0 Å². The van der Waals surface area contributed by atoms with Gasteiger partial charge in [0.05, 0.1) is 28.1 Å². The van der Waals surface area contributed by atoms with Crippen molar-refractivity contribution in [3.05, 3.63) is 23.2 Å². The van der Waals surface area contributed by atoms with E-state index in [4.69, 9.17) is 27.2 Å². The maximum atomic E-state index is 11.8. The summed E-state index contributed by atoms with van der Waals surface area (Å²) < 4.78 is 27.5. The number of nitrogens with two attached hydrogens (primary N) is 2. The molecule has 0 spiro atoms. The highest BCUT2D eigenvalue weighted by molar-refractivity contribution is 7.89. The molecule has 7 nitrogen and oxygen atoms in total. The average Bonchev–Trinajstić information content (AvgIpc) is 2.37. The highest BCUT2D eigenvalue weighted by atomic mass is 35.5. The van der Waals surface area contributed by atoms with Crippen molar-refractivity contribution in [2.45, 2.75) is 17.4 Å². The quantitative estimate of drug-likeness (QED) is 0.694. The Balaban J connectivity index is 2.89. The molecule has 9 heteroatoms. The predicted octanol–water partition coefficient (Wildman–Crippen LogP) is 0.290. The highest BCUT2D eigenvalue weighted by Gasteiger charge is 2.15. The number of amides is 1. The minimum absolute atomic E-state index is 0.0307. The number of carbonyl (C=O) groups is 1. The monoisotopic (exact) mass is 321 g/mol. The number of rotatable bonds is 6. The van der Waals surface area contributed by atoms with E-state index in [1.54, 1.807) is 0 Å². The molecule has 1 atom stereocenters. The van der Waals surface area contributed by atoms with E-state index in [0.29, 0.717) is 0 Å². The SMILES string of the molecule is COC(CN)CC(=O)Nc1cc(S(N)(=O)=O)ccc1Cl. The topological polar surface area (TPSA) is 125 Å². The molecule has 0 saturated carbocycles. The van der Waals surface area contributed by atoms with Crippen molar-refractivity contribution in [2.75, 3.05) is 19.0 Å². The Morgan fingerprint density at radius 3 is 2.65 bits per heavy atom. The number of ether oxygens (including phenoxy) is 1. The molecule has 0 aliphatic rings. The number of benzene rings is 1. The van der Waals surface area contributed by atoms with Crippen molar-refractivity contribution < 1.29 is 17.9 Å². The van der Waals surface area contributed by atoms with Crippen LogP contribution in [0.15, 0.2) is 23.1 Å². The summed E-state index contributed by atoms with van der Waals surface area (Å²) >= 11 is 5.89. The molecule has 0 aliphatic heterocycles. The Labute approximate surface area is 122 Å². The van der Waals surface area contributed by atoms with Gasteiger partial charge in [0.15, 0.2) is 0 Å². The number of hydrogen-bond donors (Lipinski definition) is 3. The molecule has 1 unspecified atom stereocenters. The third-order valence-electron chi connectivity index (χ3n) is 2.55. The van der Waals surface area contributed by atoms with Gasteiger partial charge in [-0.15, -0.1) is 0 Å². The van der Waals surface area contributed by atoms with Crippen LogP contribution in [0, 0.1) is 0 Å². The van der Waals surface area contributed by atoms with Gasteiger partial charge in [-0.3, -0.25) is 4.79 Å².